The van der Waals surface area contributed by atoms with Crippen LogP contribution in [0.2, 0.25) is 0 Å². The Morgan fingerprint density at radius 3 is 2.47 bits per heavy atom. The lowest BCUT2D eigenvalue weighted by Gasteiger charge is -2.14. The SMILES string of the molecule is CCOCC(=O)NC(C)c1ccc(CC)cc1. The predicted octanol–water partition coefficient (Wildman–Crippen LogP) is 2.46. The molecule has 0 fully saturated rings. The summed E-state index contributed by atoms with van der Waals surface area (Å²) in [4.78, 5) is 11.5. The van der Waals surface area contributed by atoms with Crippen molar-refractivity contribution in [2.45, 2.75) is 33.2 Å². The first-order valence-electron chi connectivity index (χ1n) is 6.13. The highest BCUT2D eigenvalue weighted by Gasteiger charge is 2.08. The molecule has 17 heavy (non-hydrogen) atoms. The van der Waals surface area contributed by atoms with E-state index < -0.39 is 0 Å². The van der Waals surface area contributed by atoms with E-state index in [2.05, 4.69) is 36.5 Å². The average Bonchev–Trinajstić information content (AvgIpc) is 2.36. The number of amides is 1. The average molecular weight is 235 g/mol. The predicted molar refractivity (Wildman–Crippen MR) is 68.9 cm³/mol. The van der Waals surface area contributed by atoms with Gasteiger partial charge in [-0.15, -0.1) is 0 Å². The van der Waals surface area contributed by atoms with Crippen molar-refractivity contribution in [3.63, 3.8) is 0 Å². The van der Waals surface area contributed by atoms with Crippen molar-refractivity contribution in [3.8, 4) is 0 Å². The smallest absolute Gasteiger partial charge is 0.246 e. The van der Waals surface area contributed by atoms with E-state index in [1.165, 1.54) is 5.56 Å². The van der Waals surface area contributed by atoms with Crippen molar-refractivity contribution in [2.24, 2.45) is 0 Å². The van der Waals surface area contributed by atoms with E-state index in [-0.39, 0.29) is 18.6 Å². The highest BCUT2D eigenvalue weighted by atomic mass is 16.5. The molecule has 1 aromatic rings. The van der Waals surface area contributed by atoms with Crippen LogP contribution in [-0.2, 0) is 16.0 Å². The van der Waals surface area contributed by atoms with Crippen LogP contribution in [0, 0.1) is 0 Å². The second kappa shape index (κ2) is 7.07. The molecule has 0 radical (unpaired) electrons. The molecule has 3 heteroatoms. The van der Waals surface area contributed by atoms with E-state index >= 15 is 0 Å². The zero-order valence-electron chi connectivity index (χ0n) is 10.8. The van der Waals surface area contributed by atoms with Crippen LogP contribution in [0.5, 0.6) is 0 Å². The largest absolute Gasteiger partial charge is 0.372 e. The topological polar surface area (TPSA) is 38.3 Å². The van der Waals surface area contributed by atoms with Gasteiger partial charge in [0.2, 0.25) is 5.91 Å². The lowest BCUT2D eigenvalue weighted by molar-refractivity contribution is -0.126. The van der Waals surface area contributed by atoms with Gasteiger partial charge >= 0.3 is 0 Å². The normalized spacial score (nSPS) is 12.2. The summed E-state index contributed by atoms with van der Waals surface area (Å²) >= 11 is 0. The Bertz CT molecular complexity index is 346. The second-order valence-electron chi connectivity index (χ2n) is 4.02. The Balaban J connectivity index is 2.51. The second-order valence-corrected chi connectivity index (χ2v) is 4.02. The third-order valence-electron chi connectivity index (χ3n) is 2.70. The van der Waals surface area contributed by atoms with Crippen LogP contribution < -0.4 is 5.32 Å². The van der Waals surface area contributed by atoms with Gasteiger partial charge in [0, 0.05) is 6.61 Å². The summed E-state index contributed by atoms with van der Waals surface area (Å²) in [6, 6.07) is 8.34. The first-order valence-corrected chi connectivity index (χ1v) is 6.13. The Kier molecular flexibility index (Phi) is 5.70. The maximum atomic E-state index is 11.5. The molecule has 0 aliphatic carbocycles. The van der Waals surface area contributed by atoms with Gasteiger partial charge in [0.25, 0.3) is 0 Å². The summed E-state index contributed by atoms with van der Waals surface area (Å²) < 4.78 is 5.06. The number of carbonyl (C=O) groups is 1. The Morgan fingerprint density at radius 1 is 1.29 bits per heavy atom. The third-order valence-corrected chi connectivity index (χ3v) is 2.70. The van der Waals surface area contributed by atoms with Gasteiger partial charge in [0.05, 0.1) is 6.04 Å². The number of rotatable bonds is 6. The molecule has 0 aliphatic rings. The Hall–Kier alpha value is -1.35. The van der Waals surface area contributed by atoms with Gasteiger partial charge < -0.3 is 10.1 Å². The monoisotopic (exact) mass is 235 g/mol. The summed E-state index contributed by atoms with van der Waals surface area (Å²) in [5, 5.41) is 2.90. The van der Waals surface area contributed by atoms with Crippen LogP contribution in [0.4, 0.5) is 0 Å². The molecule has 0 spiro atoms. The number of benzene rings is 1. The van der Waals surface area contributed by atoms with Crippen molar-refractivity contribution in [2.75, 3.05) is 13.2 Å². The van der Waals surface area contributed by atoms with E-state index in [9.17, 15) is 4.79 Å². The maximum absolute atomic E-state index is 11.5. The van der Waals surface area contributed by atoms with Crippen LogP contribution in [0.1, 0.15) is 37.9 Å². The van der Waals surface area contributed by atoms with Gasteiger partial charge in [0.1, 0.15) is 6.61 Å². The number of aryl methyl sites for hydroxylation is 1. The first kappa shape index (κ1) is 13.7. The maximum Gasteiger partial charge on any atom is 0.246 e. The molecule has 0 saturated carbocycles. The quantitative estimate of drug-likeness (QED) is 0.822. The first-order chi connectivity index (χ1) is 8.17. The summed E-state index contributed by atoms with van der Waals surface area (Å²) in [6.07, 6.45) is 1.03. The fourth-order valence-corrected chi connectivity index (χ4v) is 1.60. The van der Waals surface area contributed by atoms with Crippen molar-refractivity contribution in [3.05, 3.63) is 35.4 Å². The van der Waals surface area contributed by atoms with E-state index in [1.54, 1.807) is 0 Å². The number of nitrogens with one attached hydrogen (secondary N) is 1. The van der Waals surface area contributed by atoms with Gasteiger partial charge in [-0.25, -0.2) is 0 Å². The van der Waals surface area contributed by atoms with Crippen molar-refractivity contribution in [1.29, 1.82) is 0 Å². The third kappa shape index (κ3) is 4.57. The van der Waals surface area contributed by atoms with Gasteiger partial charge in [-0.1, -0.05) is 31.2 Å². The van der Waals surface area contributed by atoms with E-state index in [0.29, 0.717) is 6.61 Å². The molecule has 3 nitrogen and oxygen atoms in total. The van der Waals surface area contributed by atoms with Crippen LogP contribution in [0.3, 0.4) is 0 Å². The van der Waals surface area contributed by atoms with Crippen molar-refractivity contribution < 1.29 is 9.53 Å². The zero-order chi connectivity index (χ0) is 12.7. The molecular weight excluding hydrogens is 214 g/mol. The number of hydrogen-bond acceptors (Lipinski definition) is 2. The molecule has 0 aromatic heterocycles. The minimum Gasteiger partial charge on any atom is -0.372 e. The molecule has 1 rings (SSSR count). The van der Waals surface area contributed by atoms with Crippen LogP contribution in [-0.4, -0.2) is 19.1 Å². The van der Waals surface area contributed by atoms with Crippen LogP contribution in [0.25, 0.3) is 0 Å². The van der Waals surface area contributed by atoms with Crippen molar-refractivity contribution in [1.82, 2.24) is 5.32 Å². The lowest BCUT2D eigenvalue weighted by atomic mass is 10.1. The highest BCUT2D eigenvalue weighted by molar-refractivity contribution is 5.77. The summed E-state index contributed by atoms with van der Waals surface area (Å²) in [5.74, 6) is -0.0704. The van der Waals surface area contributed by atoms with Gasteiger partial charge in [0.15, 0.2) is 0 Å². The fraction of sp³-hybridized carbons (Fsp3) is 0.500. The highest BCUT2D eigenvalue weighted by Crippen LogP contribution is 2.13. The molecule has 0 heterocycles. The number of ether oxygens (including phenoxy) is 1. The van der Waals surface area contributed by atoms with Crippen LogP contribution >= 0.6 is 0 Å². The zero-order valence-corrected chi connectivity index (χ0v) is 10.8. The van der Waals surface area contributed by atoms with E-state index in [1.807, 2.05) is 13.8 Å². The summed E-state index contributed by atoms with van der Waals surface area (Å²) in [7, 11) is 0. The molecule has 1 N–H and O–H groups in total. The molecule has 1 unspecified atom stereocenters. The standard InChI is InChI=1S/C14H21NO2/c1-4-12-6-8-13(9-7-12)11(3)15-14(16)10-17-5-2/h6-9,11H,4-5,10H2,1-3H3,(H,15,16). The lowest BCUT2D eigenvalue weighted by Crippen LogP contribution is -2.30. The van der Waals surface area contributed by atoms with E-state index in [0.717, 1.165) is 12.0 Å². The number of hydrogen-bond donors (Lipinski definition) is 1. The molecule has 1 atom stereocenters. The minimum absolute atomic E-state index is 0.0221. The Morgan fingerprint density at radius 2 is 1.94 bits per heavy atom. The summed E-state index contributed by atoms with van der Waals surface area (Å²) in [6.45, 7) is 6.67. The molecular formula is C14H21NO2. The van der Waals surface area contributed by atoms with Gasteiger partial charge in [-0.2, -0.15) is 0 Å². The number of carbonyl (C=O) groups excluding carboxylic acids is 1. The molecule has 94 valence electrons. The Labute approximate surface area is 103 Å². The van der Waals surface area contributed by atoms with Gasteiger partial charge in [-0.05, 0) is 31.4 Å². The van der Waals surface area contributed by atoms with Crippen LogP contribution in [0.15, 0.2) is 24.3 Å². The van der Waals surface area contributed by atoms with Crippen molar-refractivity contribution >= 4 is 5.91 Å². The fourth-order valence-electron chi connectivity index (χ4n) is 1.60. The van der Waals surface area contributed by atoms with Gasteiger partial charge in [-0.3, -0.25) is 4.79 Å². The molecule has 0 bridgehead atoms. The molecule has 0 saturated heterocycles. The summed E-state index contributed by atoms with van der Waals surface area (Å²) in [5.41, 5.74) is 2.42. The molecule has 1 aromatic carbocycles. The molecule has 0 aliphatic heterocycles. The van der Waals surface area contributed by atoms with E-state index in [4.69, 9.17) is 4.74 Å². The molecule has 1 amide bonds. The minimum atomic E-state index is -0.0704.